The number of carbonyl (C=O) groups is 2. The van der Waals surface area contributed by atoms with Crippen LogP contribution in [0.15, 0.2) is 35.1 Å². The van der Waals surface area contributed by atoms with Gasteiger partial charge in [0.15, 0.2) is 0 Å². The fraction of sp³-hybridized carbons (Fsp3) is 0.478. The number of anilines is 2. The zero-order valence-electron chi connectivity index (χ0n) is 17.8. The van der Waals surface area contributed by atoms with Gasteiger partial charge in [0.25, 0.3) is 5.56 Å². The Bertz CT molecular complexity index is 1000. The molecule has 0 saturated carbocycles. The van der Waals surface area contributed by atoms with E-state index in [0.29, 0.717) is 25.0 Å². The van der Waals surface area contributed by atoms with Gasteiger partial charge in [-0.05, 0) is 37.7 Å². The lowest BCUT2D eigenvalue weighted by Crippen LogP contribution is -2.43. The van der Waals surface area contributed by atoms with Gasteiger partial charge in [0, 0.05) is 25.6 Å². The van der Waals surface area contributed by atoms with E-state index in [1.807, 2.05) is 30.3 Å². The molecule has 3 N–H and O–H groups in total. The number of hydrogen-bond acceptors (Lipinski definition) is 5. The SMILES string of the molecule is CCC1CCCCN1c1nc2c(c(=O)[nH]1)C(C(=O)NCCc1ccccc1)CC(=O)N2. The van der Waals surface area contributed by atoms with Crippen molar-refractivity contribution in [1.29, 1.82) is 0 Å². The number of fused-ring (bicyclic) bond motifs is 1. The van der Waals surface area contributed by atoms with Crippen molar-refractivity contribution in [3.8, 4) is 0 Å². The minimum atomic E-state index is -0.840. The fourth-order valence-corrected chi connectivity index (χ4v) is 4.52. The van der Waals surface area contributed by atoms with E-state index in [9.17, 15) is 14.4 Å². The molecule has 2 unspecified atom stereocenters. The standard InChI is InChI=1S/C23H29N5O3/c1-2-16-10-6-7-13-28(16)23-26-20-19(22(31)27-23)17(14-18(29)25-20)21(30)24-12-11-15-8-4-3-5-9-15/h3-5,8-9,16-17H,2,6-7,10-14H2,1H3,(H,24,30)(H2,25,26,27,29,31). The molecule has 2 aromatic rings. The first kappa shape index (κ1) is 21.1. The van der Waals surface area contributed by atoms with E-state index in [1.165, 1.54) is 0 Å². The molecule has 1 fully saturated rings. The number of piperidine rings is 1. The third-order valence-corrected chi connectivity index (χ3v) is 6.18. The van der Waals surface area contributed by atoms with Gasteiger partial charge < -0.3 is 15.5 Å². The van der Waals surface area contributed by atoms with Gasteiger partial charge in [-0.25, -0.2) is 0 Å². The highest BCUT2D eigenvalue weighted by atomic mass is 16.2. The monoisotopic (exact) mass is 423 g/mol. The second-order valence-corrected chi connectivity index (χ2v) is 8.23. The normalized spacial score (nSPS) is 20.7. The number of H-pyrrole nitrogens is 1. The van der Waals surface area contributed by atoms with E-state index < -0.39 is 5.92 Å². The van der Waals surface area contributed by atoms with E-state index in [2.05, 4.69) is 32.4 Å². The fourth-order valence-electron chi connectivity index (χ4n) is 4.52. The van der Waals surface area contributed by atoms with Crippen molar-refractivity contribution in [2.24, 2.45) is 0 Å². The summed E-state index contributed by atoms with van der Waals surface area (Å²) in [6, 6.07) is 10.2. The van der Waals surface area contributed by atoms with Gasteiger partial charge in [0.2, 0.25) is 17.8 Å². The summed E-state index contributed by atoms with van der Waals surface area (Å²) in [5, 5.41) is 5.58. The Morgan fingerprint density at radius 3 is 2.81 bits per heavy atom. The van der Waals surface area contributed by atoms with Crippen molar-refractivity contribution in [2.75, 3.05) is 23.3 Å². The molecule has 2 amide bonds. The number of aromatic nitrogens is 2. The van der Waals surface area contributed by atoms with Crippen LogP contribution in [0.25, 0.3) is 0 Å². The molecule has 2 atom stereocenters. The first-order valence-electron chi connectivity index (χ1n) is 11.1. The molecule has 1 aromatic heterocycles. The highest BCUT2D eigenvalue weighted by Gasteiger charge is 2.35. The maximum absolute atomic E-state index is 13.0. The lowest BCUT2D eigenvalue weighted by atomic mass is 9.92. The van der Waals surface area contributed by atoms with Crippen LogP contribution in [0.2, 0.25) is 0 Å². The molecular weight excluding hydrogens is 394 g/mol. The summed E-state index contributed by atoms with van der Waals surface area (Å²) in [4.78, 5) is 47.7. The molecule has 8 heteroatoms. The summed E-state index contributed by atoms with van der Waals surface area (Å²) in [6.45, 7) is 3.38. The molecular formula is C23H29N5O3. The molecule has 8 nitrogen and oxygen atoms in total. The molecule has 1 saturated heterocycles. The van der Waals surface area contributed by atoms with Gasteiger partial charge in [-0.3, -0.25) is 19.4 Å². The number of carbonyl (C=O) groups excluding carboxylic acids is 2. The Kier molecular flexibility index (Phi) is 6.34. The second kappa shape index (κ2) is 9.32. The number of benzene rings is 1. The molecule has 3 heterocycles. The lowest BCUT2D eigenvalue weighted by molar-refractivity contribution is -0.126. The Morgan fingerprint density at radius 2 is 2.03 bits per heavy atom. The molecule has 2 aliphatic heterocycles. The van der Waals surface area contributed by atoms with Gasteiger partial charge in [0.05, 0.1) is 11.5 Å². The van der Waals surface area contributed by atoms with E-state index >= 15 is 0 Å². The zero-order chi connectivity index (χ0) is 21.8. The van der Waals surface area contributed by atoms with Crippen molar-refractivity contribution >= 4 is 23.6 Å². The third kappa shape index (κ3) is 4.62. The molecule has 1 aromatic carbocycles. The smallest absolute Gasteiger partial charge is 0.258 e. The minimum absolute atomic E-state index is 0.0599. The number of rotatable bonds is 6. The minimum Gasteiger partial charge on any atom is -0.355 e. The largest absolute Gasteiger partial charge is 0.355 e. The first-order valence-corrected chi connectivity index (χ1v) is 11.1. The van der Waals surface area contributed by atoms with Crippen molar-refractivity contribution in [3.63, 3.8) is 0 Å². The van der Waals surface area contributed by atoms with Gasteiger partial charge in [-0.2, -0.15) is 4.98 Å². The van der Waals surface area contributed by atoms with Crippen LogP contribution in [-0.4, -0.2) is 40.9 Å². The predicted molar refractivity (Wildman–Crippen MR) is 119 cm³/mol. The lowest BCUT2D eigenvalue weighted by Gasteiger charge is -2.36. The van der Waals surface area contributed by atoms with Gasteiger partial charge in [-0.15, -0.1) is 0 Å². The van der Waals surface area contributed by atoms with Crippen molar-refractivity contribution in [2.45, 2.75) is 57.4 Å². The van der Waals surface area contributed by atoms with Crippen LogP contribution in [0.1, 0.15) is 56.1 Å². The van der Waals surface area contributed by atoms with Gasteiger partial charge in [0.1, 0.15) is 5.82 Å². The number of aromatic amines is 1. The second-order valence-electron chi connectivity index (χ2n) is 8.23. The zero-order valence-corrected chi connectivity index (χ0v) is 17.8. The van der Waals surface area contributed by atoms with Gasteiger partial charge >= 0.3 is 0 Å². The van der Waals surface area contributed by atoms with Crippen molar-refractivity contribution < 1.29 is 9.59 Å². The first-order chi connectivity index (χ1) is 15.1. The van der Waals surface area contributed by atoms with Crippen LogP contribution in [0, 0.1) is 0 Å². The predicted octanol–water partition coefficient (Wildman–Crippen LogP) is 2.32. The maximum Gasteiger partial charge on any atom is 0.258 e. The number of hydrogen-bond donors (Lipinski definition) is 3. The van der Waals surface area contributed by atoms with Crippen LogP contribution in [-0.2, 0) is 16.0 Å². The Labute approximate surface area is 181 Å². The third-order valence-electron chi connectivity index (χ3n) is 6.18. The molecule has 164 valence electrons. The molecule has 4 rings (SSSR count). The Morgan fingerprint density at radius 1 is 1.23 bits per heavy atom. The van der Waals surface area contributed by atoms with Crippen LogP contribution >= 0.6 is 0 Å². The summed E-state index contributed by atoms with van der Waals surface area (Å²) >= 11 is 0. The molecule has 0 spiro atoms. The average Bonchev–Trinajstić information content (AvgIpc) is 2.78. The van der Waals surface area contributed by atoms with Crippen LogP contribution in [0.3, 0.4) is 0 Å². The molecule has 2 aliphatic rings. The van der Waals surface area contributed by atoms with Crippen molar-refractivity contribution in [3.05, 3.63) is 51.8 Å². The number of amides is 2. The highest BCUT2D eigenvalue weighted by molar-refractivity contribution is 6.00. The quantitative estimate of drug-likeness (QED) is 0.661. The molecule has 0 aliphatic carbocycles. The van der Waals surface area contributed by atoms with E-state index in [0.717, 1.165) is 37.8 Å². The van der Waals surface area contributed by atoms with E-state index in [1.54, 1.807) is 0 Å². The summed E-state index contributed by atoms with van der Waals surface area (Å²) in [5.74, 6) is -0.783. The van der Waals surface area contributed by atoms with E-state index in [-0.39, 0.29) is 35.2 Å². The summed E-state index contributed by atoms with van der Waals surface area (Å²) in [7, 11) is 0. The topological polar surface area (TPSA) is 107 Å². The molecule has 0 radical (unpaired) electrons. The van der Waals surface area contributed by atoms with Gasteiger partial charge in [-0.1, -0.05) is 37.3 Å². The summed E-state index contributed by atoms with van der Waals surface area (Å²) in [6.07, 6.45) is 4.83. The van der Waals surface area contributed by atoms with Crippen LogP contribution < -0.4 is 21.1 Å². The summed E-state index contributed by atoms with van der Waals surface area (Å²) in [5.41, 5.74) is 0.995. The molecule has 31 heavy (non-hydrogen) atoms. The number of nitrogens with one attached hydrogen (secondary N) is 3. The van der Waals surface area contributed by atoms with E-state index in [4.69, 9.17) is 0 Å². The van der Waals surface area contributed by atoms with Crippen LogP contribution in [0.5, 0.6) is 0 Å². The average molecular weight is 424 g/mol. The van der Waals surface area contributed by atoms with Crippen molar-refractivity contribution in [1.82, 2.24) is 15.3 Å². The number of nitrogens with zero attached hydrogens (tertiary/aromatic N) is 2. The van der Waals surface area contributed by atoms with Crippen LogP contribution in [0.4, 0.5) is 11.8 Å². The molecule has 0 bridgehead atoms. The maximum atomic E-state index is 13.0. The highest BCUT2D eigenvalue weighted by Crippen LogP contribution is 2.31. The Hall–Kier alpha value is -3.16. The Balaban J connectivity index is 1.53. The summed E-state index contributed by atoms with van der Waals surface area (Å²) < 4.78 is 0.